The molecule has 1 aromatic carbocycles. The number of hydrogen-bond donors (Lipinski definition) is 2. The maximum absolute atomic E-state index is 9.09. The van der Waals surface area contributed by atoms with Crippen molar-refractivity contribution >= 4 is 5.69 Å². The molecular formula is C12H20N2O. The van der Waals surface area contributed by atoms with Crippen molar-refractivity contribution in [1.82, 2.24) is 0 Å². The minimum Gasteiger partial charge on any atom is -0.393 e. The first-order valence-corrected chi connectivity index (χ1v) is 5.45. The normalized spacial score (nSPS) is 12.5. The summed E-state index contributed by atoms with van der Waals surface area (Å²) in [5.41, 5.74) is 1.04. The van der Waals surface area contributed by atoms with Crippen LogP contribution in [0.1, 0.15) is 26.2 Å². The highest BCUT2D eigenvalue weighted by atomic mass is 16.3. The van der Waals surface area contributed by atoms with Crippen molar-refractivity contribution in [3.05, 3.63) is 30.3 Å². The quantitative estimate of drug-likeness (QED) is 0.426. The first-order valence-electron chi connectivity index (χ1n) is 5.45. The number of aliphatic hydroxyl groups excluding tert-OH is 1. The van der Waals surface area contributed by atoms with E-state index in [4.69, 9.17) is 10.9 Å². The van der Waals surface area contributed by atoms with E-state index < -0.39 is 0 Å². The van der Waals surface area contributed by atoms with Gasteiger partial charge in [0.05, 0.1) is 11.8 Å². The van der Waals surface area contributed by atoms with E-state index in [0.717, 1.165) is 31.5 Å². The van der Waals surface area contributed by atoms with Gasteiger partial charge in [-0.2, -0.15) is 0 Å². The molecule has 0 bridgehead atoms. The average Bonchev–Trinajstić information content (AvgIpc) is 2.25. The van der Waals surface area contributed by atoms with Crippen LogP contribution in [0.15, 0.2) is 30.3 Å². The van der Waals surface area contributed by atoms with Gasteiger partial charge in [0.25, 0.3) is 0 Å². The smallest absolute Gasteiger partial charge is 0.0517 e. The van der Waals surface area contributed by atoms with Crippen LogP contribution in [0.5, 0.6) is 0 Å². The van der Waals surface area contributed by atoms with Gasteiger partial charge in [0.1, 0.15) is 0 Å². The maximum Gasteiger partial charge on any atom is 0.0517 e. The molecular weight excluding hydrogens is 188 g/mol. The first kappa shape index (κ1) is 12.0. The Hall–Kier alpha value is -1.06. The van der Waals surface area contributed by atoms with Gasteiger partial charge in [-0.1, -0.05) is 18.2 Å². The number of anilines is 1. The number of hydrazine groups is 1. The lowest BCUT2D eigenvalue weighted by Crippen LogP contribution is -2.31. The summed E-state index contributed by atoms with van der Waals surface area (Å²) in [7, 11) is 0. The number of aliphatic hydroxyl groups is 1. The van der Waals surface area contributed by atoms with Gasteiger partial charge in [0.2, 0.25) is 0 Å². The summed E-state index contributed by atoms with van der Waals surface area (Å²) in [5.74, 6) is 5.88. The molecule has 3 nitrogen and oxygen atoms in total. The van der Waals surface area contributed by atoms with E-state index in [1.165, 1.54) is 0 Å². The summed E-state index contributed by atoms with van der Waals surface area (Å²) in [5, 5.41) is 10.8. The van der Waals surface area contributed by atoms with Crippen molar-refractivity contribution in [2.45, 2.75) is 32.3 Å². The van der Waals surface area contributed by atoms with E-state index in [2.05, 4.69) is 0 Å². The first-order chi connectivity index (χ1) is 7.20. The second kappa shape index (κ2) is 6.43. The third kappa shape index (κ3) is 4.81. The van der Waals surface area contributed by atoms with E-state index in [1.807, 2.05) is 37.3 Å². The molecule has 3 heteroatoms. The van der Waals surface area contributed by atoms with Crippen molar-refractivity contribution < 1.29 is 5.11 Å². The Labute approximate surface area is 91.5 Å². The van der Waals surface area contributed by atoms with Crippen molar-refractivity contribution in [1.29, 1.82) is 0 Å². The molecule has 0 radical (unpaired) electrons. The third-order valence-electron chi connectivity index (χ3n) is 2.36. The highest BCUT2D eigenvalue weighted by Crippen LogP contribution is 2.10. The fraction of sp³-hybridized carbons (Fsp3) is 0.500. The number of para-hydroxylation sites is 1. The number of rotatable bonds is 6. The highest BCUT2D eigenvalue weighted by molar-refractivity contribution is 5.43. The summed E-state index contributed by atoms with van der Waals surface area (Å²) in [4.78, 5) is 0. The minimum absolute atomic E-state index is 0.201. The van der Waals surface area contributed by atoms with Crippen molar-refractivity contribution in [2.24, 2.45) is 5.84 Å². The number of nitrogens with two attached hydrogens (primary N) is 1. The second-order valence-corrected chi connectivity index (χ2v) is 3.87. The predicted molar refractivity (Wildman–Crippen MR) is 63.5 cm³/mol. The van der Waals surface area contributed by atoms with Gasteiger partial charge in [-0.3, -0.25) is 0 Å². The molecule has 0 spiro atoms. The summed E-state index contributed by atoms with van der Waals surface area (Å²) in [6, 6.07) is 9.92. The van der Waals surface area contributed by atoms with Gasteiger partial charge in [-0.25, -0.2) is 5.84 Å². The van der Waals surface area contributed by atoms with E-state index in [9.17, 15) is 0 Å². The number of benzene rings is 1. The molecule has 84 valence electrons. The highest BCUT2D eigenvalue weighted by Gasteiger charge is 2.00. The van der Waals surface area contributed by atoms with Crippen LogP contribution in [0.2, 0.25) is 0 Å². The minimum atomic E-state index is -0.201. The van der Waals surface area contributed by atoms with Crippen LogP contribution in [0.25, 0.3) is 0 Å². The second-order valence-electron chi connectivity index (χ2n) is 3.87. The zero-order valence-corrected chi connectivity index (χ0v) is 9.26. The molecule has 0 saturated heterocycles. The van der Waals surface area contributed by atoms with E-state index in [0.29, 0.717) is 0 Å². The largest absolute Gasteiger partial charge is 0.393 e. The van der Waals surface area contributed by atoms with Crippen LogP contribution < -0.4 is 10.9 Å². The van der Waals surface area contributed by atoms with Gasteiger partial charge in [-0.05, 0) is 38.3 Å². The topological polar surface area (TPSA) is 49.5 Å². The van der Waals surface area contributed by atoms with E-state index in [1.54, 1.807) is 5.01 Å². The molecule has 0 aliphatic carbocycles. The molecule has 0 aliphatic heterocycles. The Balaban J connectivity index is 2.22. The van der Waals surface area contributed by atoms with Crippen LogP contribution in [-0.4, -0.2) is 17.8 Å². The maximum atomic E-state index is 9.09. The fourth-order valence-electron chi connectivity index (χ4n) is 1.47. The molecule has 1 atom stereocenters. The van der Waals surface area contributed by atoms with Gasteiger partial charge in [-0.15, -0.1) is 0 Å². The van der Waals surface area contributed by atoms with Crippen molar-refractivity contribution in [3.8, 4) is 0 Å². The lowest BCUT2D eigenvalue weighted by atomic mass is 10.2. The Morgan fingerprint density at radius 1 is 1.27 bits per heavy atom. The Kier molecular flexibility index (Phi) is 5.15. The number of nitrogens with zero attached hydrogens (tertiary/aromatic N) is 1. The van der Waals surface area contributed by atoms with Crippen LogP contribution in [0.3, 0.4) is 0 Å². The predicted octanol–water partition coefficient (Wildman–Crippen LogP) is 1.92. The van der Waals surface area contributed by atoms with E-state index in [-0.39, 0.29) is 6.10 Å². The summed E-state index contributed by atoms with van der Waals surface area (Å²) < 4.78 is 0. The number of unbranched alkanes of at least 4 members (excludes halogenated alkanes) is 1. The van der Waals surface area contributed by atoms with Crippen molar-refractivity contribution in [3.63, 3.8) is 0 Å². The van der Waals surface area contributed by atoms with Gasteiger partial charge in [0.15, 0.2) is 0 Å². The molecule has 0 heterocycles. The number of hydrogen-bond acceptors (Lipinski definition) is 3. The summed E-state index contributed by atoms with van der Waals surface area (Å²) in [6.07, 6.45) is 2.67. The monoisotopic (exact) mass is 208 g/mol. The summed E-state index contributed by atoms with van der Waals surface area (Å²) >= 11 is 0. The molecule has 1 rings (SSSR count). The van der Waals surface area contributed by atoms with Crippen LogP contribution in [0.4, 0.5) is 5.69 Å². The van der Waals surface area contributed by atoms with Crippen molar-refractivity contribution in [2.75, 3.05) is 11.6 Å². The molecule has 0 amide bonds. The van der Waals surface area contributed by atoms with Crippen LogP contribution in [-0.2, 0) is 0 Å². The van der Waals surface area contributed by atoms with Crippen LogP contribution in [0, 0.1) is 0 Å². The molecule has 15 heavy (non-hydrogen) atoms. The van der Waals surface area contributed by atoms with Crippen LogP contribution >= 0.6 is 0 Å². The lowest BCUT2D eigenvalue weighted by molar-refractivity contribution is 0.181. The molecule has 0 aliphatic rings. The zero-order chi connectivity index (χ0) is 11.1. The Morgan fingerprint density at radius 3 is 2.53 bits per heavy atom. The molecule has 1 unspecified atom stereocenters. The molecule has 1 aromatic rings. The average molecular weight is 208 g/mol. The lowest BCUT2D eigenvalue weighted by Gasteiger charge is -2.18. The molecule has 3 N–H and O–H groups in total. The van der Waals surface area contributed by atoms with Gasteiger partial charge < -0.3 is 10.1 Å². The standard InChI is InChI=1S/C12H20N2O/c1-11(15)7-5-6-10-14(13)12-8-3-2-4-9-12/h2-4,8-9,11,15H,5-7,10,13H2,1H3. The Bertz CT molecular complexity index is 262. The molecule has 0 fully saturated rings. The summed E-state index contributed by atoms with van der Waals surface area (Å²) in [6.45, 7) is 2.65. The SMILES string of the molecule is CC(O)CCCCN(N)c1ccccc1. The Morgan fingerprint density at radius 2 is 1.93 bits per heavy atom. The molecule has 0 saturated carbocycles. The van der Waals surface area contributed by atoms with Gasteiger partial charge in [0, 0.05) is 6.54 Å². The van der Waals surface area contributed by atoms with E-state index >= 15 is 0 Å². The third-order valence-corrected chi connectivity index (χ3v) is 2.36. The fourth-order valence-corrected chi connectivity index (χ4v) is 1.47. The zero-order valence-electron chi connectivity index (χ0n) is 9.26. The molecule has 0 aromatic heterocycles. The van der Waals surface area contributed by atoms with Gasteiger partial charge >= 0.3 is 0 Å².